The van der Waals surface area contributed by atoms with Gasteiger partial charge in [0, 0.05) is 11.6 Å². The zero-order valence-electron chi connectivity index (χ0n) is 10.5. The van der Waals surface area contributed by atoms with Gasteiger partial charge in [-0.15, -0.1) is 0 Å². The third-order valence-corrected chi connectivity index (χ3v) is 2.68. The highest BCUT2D eigenvalue weighted by atomic mass is 35.5. The van der Waals surface area contributed by atoms with Gasteiger partial charge in [-0.05, 0) is 32.0 Å². The lowest BCUT2D eigenvalue weighted by Crippen LogP contribution is -2.40. The Bertz CT molecular complexity index is 506. The Morgan fingerprint density at radius 1 is 1.42 bits per heavy atom. The number of carboxylic acids is 1. The first kappa shape index (κ1) is 15.2. The van der Waals surface area contributed by atoms with Crippen LogP contribution in [0.1, 0.15) is 13.8 Å². The van der Waals surface area contributed by atoms with Crippen molar-refractivity contribution in [3.63, 3.8) is 0 Å². The highest BCUT2D eigenvalue weighted by molar-refractivity contribution is 6.30. The van der Waals surface area contributed by atoms with Gasteiger partial charge in [-0.2, -0.15) is 0 Å². The van der Waals surface area contributed by atoms with Crippen LogP contribution >= 0.6 is 11.6 Å². The third-order valence-electron chi connectivity index (χ3n) is 2.45. The van der Waals surface area contributed by atoms with Crippen molar-refractivity contribution in [2.75, 3.05) is 11.9 Å². The summed E-state index contributed by atoms with van der Waals surface area (Å²) in [7, 11) is 0. The van der Waals surface area contributed by atoms with Crippen molar-refractivity contribution in [2.24, 2.45) is 5.41 Å². The fourth-order valence-corrected chi connectivity index (χ4v) is 1.31. The van der Waals surface area contributed by atoms with E-state index in [4.69, 9.17) is 16.7 Å². The van der Waals surface area contributed by atoms with Crippen molar-refractivity contribution < 1.29 is 19.1 Å². The van der Waals surface area contributed by atoms with Gasteiger partial charge in [0.2, 0.25) is 0 Å². The molecule has 0 saturated carbocycles. The van der Waals surface area contributed by atoms with Crippen molar-refractivity contribution in [3.05, 3.63) is 29.0 Å². The summed E-state index contributed by atoms with van der Waals surface area (Å²) in [6, 6.07) is 3.04. The van der Waals surface area contributed by atoms with Gasteiger partial charge >= 0.3 is 12.0 Å². The molecule has 0 heterocycles. The molecule has 5 nitrogen and oxygen atoms in total. The number of aliphatic carboxylic acids is 1. The van der Waals surface area contributed by atoms with Crippen molar-refractivity contribution in [3.8, 4) is 0 Å². The minimum atomic E-state index is -1.11. The van der Waals surface area contributed by atoms with E-state index in [1.54, 1.807) is 0 Å². The predicted octanol–water partition coefficient (Wildman–Crippen LogP) is 2.71. The molecule has 0 atom stereocenters. The van der Waals surface area contributed by atoms with Gasteiger partial charge < -0.3 is 15.7 Å². The van der Waals surface area contributed by atoms with Crippen molar-refractivity contribution in [2.45, 2.75) is 13.8 Å². The molecule has 0 unspecified atom stereocenters. The Morgan fingerprint density at radius 3 is 2.63 bits per heavy atom. The molecule has 0 aliphatic carbocycles. The number of amides is 2. The molecule has 0 saturated heterocycles. The summed E-state index contributed by atoms with van der Waals surface area (Å²) < 4.78 is 13.3. The van der Waals surface area contributed by atoms with Gasteiger partial charge in [0.05, 0.1) is 11.1 Å². The number of carbonyl (C=O) groups excluding carboxylic acids is 1. The summed E-state index contributed by atoms with van der Waals surface area (Å²) in [5.74, 6) is -1.67. The first-order chi connectivity index (χ1) is 8.72. The molecule has 7 heteroatoms. The number of hydrogen-bond donors (Lipinski definition) is 3. The molecule has 1 aromatic carbocycles. The fourth-order valence-electron chi connectivity index (χ4n) is 1.14. The molecule has 104 valence electrons. The molecule has 1 rings (SSSR count). The normalized spacial score (nSPS) is 10.9. The zero-order valence-corrected chi connectivity index (χ0v) is 11.2. The van der Waals surface area contributed by atoms with Crippen LogP contribution in [0.15, 0.2) is 18.2 Å². The number of hydrogen-bond acceptors (Lipinski definition) is 2. The Balaban J connectivity index is 2.61. The highest BCUT2D eigenvalue weighted by Crippen LogP contribution is 2.19. The molecule has 3 N–H and O–H groups in total. The molecule has 19 heavy (non-hydrogen) atoms. The Kier molecular flexibility index (Phi) is 4.72. The number of benzene rings is 1. The van der Waals surface area contributed by atoms with Gasteiger partial charge in [-0.25, -0.2) is 9.18 Å². The summed E-state index contributed by atoms with van der Waals surface area (Å²) in [4.78, 5) is 22.4. The first-order valence-corrected chi connectivity index (χ1v) is 5.83. The van der Waals surface area contributed by atoms with Crippen LogP contribution < -0.4 is 10.6 Å². The van der Waals surface area contributed by atoms with E-state index in [1.807, 2.05) is 0 Å². The van der Waals surface area contributed by atoms with Crippen LogP contribution in [-0.4, -0.2) is 23.7 Å². The maximum atomic E-state index is 13.3. The molecule has 2 amide bonds. The van der Waals surface area contributed by atoms with Gasteiger partial charge in [-0.3, -0.25) is 4.79 Å². The predicted molar refractivity (Wildman–Crippen MR) is 69.8 cm³/mol. The Morgan fingerprint density at radius 2 is 2.05 bits per heavy atom. The second kappa shape index (κ2) is 5.88. The van der Waals surface area contributed by atoms with Gasteiger partial charge in [0.25, 0.3) is 0 Å². The Hall–Kier alpha value is -1.82. The summed E-state index contributed by atoms with van der Waals surface area (Å²) in [6.45, 7) is 2.85. The fraction of sp³-hybridized carbons (Fsp3) is 0.333. The minimum absolute atomic E-state index is 0.0712. The molecular formula is C12H14ClFN2O3. The molecule has 0 aliphatic rings. The van der Waals surface area contributed by atoms with E-state index in [9.17, 15) is 14.0 Å². The standard InChI is InChI=1S/C12H14ClFN2O3/c1-12(2,10(17)18)6-15-11(19)16-9-5-7(13)3-4-8(9)14/h3-5H,6H2,1-2H3,(H,17,18)(H2,15,16,19). The number of carbonyl (C=O) groups is 2. The quantitative estimate of drug-likeness (QED) is 0.797. The summed E-state index contributed by atoms with van der Waals surface area (Å²) in [5, 5.41) is 13.8. The SMILES string of the molecule is CC(C)(CNC(=O)Nc1cc(Cl)ccc1F)C(=O)O. The van der Waals surface area contributed by atoms with Crippen LogP contribution in [0.4, 0.5) is 14.9 Å². The largest absolute Gasteiger partial charge is 0.481 e. The number of rotatable bonds is 4. The lowest BCUT2D eigenvalue weighted by Gasteiger charge is -2.19. The van der Waals surface area contributed by atoms with Crippen LogP contribution in [0.25, 0.3) is 0 Å². The number of carboxylic acid groups (broad SMARTS) is 1. The number of urea groups is 1. The summed E-state index contributed by atoms with van der Waals surface area (Å²) >= 11 is 5.68. The van der Waals surface area contributed by atoms with E-state index in [0.29, 0.717) is 0 Å². The molecule has 0 aromatic heterocycles. The molecule has 0 bridgehead atoms. The van der Waals surface area contributed by atoms with Crippen LogP contribution in [0.5, 0.6) is 0 Å². The first-order valence-electron chi connectivity index (χ1n) is 5.45. The second-order valence-corrected chi connectivity index (χ2v) is 5.06. The van der Waals surface area contributed by atoms with E-state index in [0.717, 1.165) is 6.07 Å². The van der Waals surface area contributed by atoms with Crippen LogP contribution in [0.2, 0.25) is 5.02 Å². The average molecular weight is 289 g/mol. The molecule has 0 aliphatic heterocycles. The molecule has 1 aromatic rings. The lowest BCUT2D eigenvalue weighted by molar-refractivity contribution is -0.146. The van der Waals surface area contributed by atoms with Crippen molar-refractivity contribution in [1.82, 2.24) is 5.32 Å². The lowest BCUT2D eigenvalue weighted by atomic mass is 9.94. The van der Waals surface area contributed by atoms with E-state index in [2.05, 4.69) is 10.6 Å². The topological polar surface area (TPSA) is 78.4 Å². The number of nitrogens with one attached hydrogen (secondary N) is 2. The van der Waals surface area contributed by atoms with Crippen LogP contribution in [0, 0.1) is 11.2 Å². The zero-order chi connectivity index (χ0) is 14.6. The smallest absolute Gasteiger partial charge is 0.319 e. The van der Waals surface area contributed by atoms with Crippen molar-refractivity contribution in [1.29, 1.82) is 0 Å². The third kappa shape index (κ3) is 4.40. The monoisotopic (exact) mass is 288 g/mol. The van der Waals surface area contributed by atoms with Gasteiger partial charge in [0.1, 0.15) is 5.82 Å². The summed E-state index contributed by atoms with van der Waals surface area (Å²) in [6.07, 6.45) is 0. The Labute approximate surface area is 114 Å². The maximum absolute atomic E-state index is 13.3. The van der Waals surface area contributed by atoms with E-state index in [1.165, 1.54) is 26.0 Å². The number of anilines is 1. The molecule has 0 spiro atoms. The molecule has 0 fully saturated rings. The number of halogens is 2. The van der Waals surface area contributed by atoms with Gasteiger partial charge in [-0.1, -0.05) is 11.6 Å². The highest BCUT2D eigenvalue weighted by Gasteiger charge is 2.27. The molecular weight excluding hydrogens is 275 g/mol. The van der Waals surface area contributed by atoms with E-state index >= 15 is 0 Å². The maximum Gasteiger partial charge on any atom is 0.319 e. The van der Waals surface area contributed by atoms with E-state index in [-0.39, 0.29) is 17.3 Å². The van der Waals surface area contributed by atoms with Crippen molar-refractivity contribution >= 4 is 29.3 Å². The van der Waals surface area contributed by atoms with E-state index < -0.39 is 23.2 Å². The summed E-state index contributed by atoms with van der Waals surface area (Å²) in [5.41, 5.74) is -1.18. The second-order valence-electron chi connectivity index (χ2n) is 4.62. The van der Waals surface area contributed by atoms with Crippen LogP contribution in [-0.2, 0) is 4.79 Å². The molecule has 0 radical (unpaired) electrons. The minimum Gasteiger partial charge on any atom is -0.481 e. The van der Waals surface area contributed by atoms with Crippen LogP contribution in [0.3, 0.4) is 0 Å². The van der Waals surface area contributed by atoms with Gasteiger partial charge in [0.15, 0.2) is 0 Å². The average Bonchev–Trinajstić information content (AvgIpc) is 2.31.